The fourth-order valence-corrected chi connectivity index (χ4v) is 4.55. The zero-order valence-electron chi connectivity index (χ0n) is 16.4. The van der Waals surface area contributed by atoms with Crippen LogP contribution in [-0.4, -0.2) is 60.8 Å². The van der Waals surface area contributed by atoms with Gasteiger partial charge in [-0.3, -0.25) is 0 Å². The van der Waals surface area contributed by atoms with Crippen molar-refractivity contribution in [1.82, 2.24) is 0 Å². The molecule has 2 aliphatic rings. The van der Waals surface area contributed by atoms with Crippen molar-refractivity contribution in [3.05, 3.63) is 23.3 Å². The second-order valence-corrected chi connectivity index (χ2v) is 8.29. The molecule has 2 fully saturated rings. The lowest BCUT2D eigenvalue weighted by molar-refractivity contribution is -0.928. The second kappa shape index (κ2) is 8.13. The fourth-order valence-electron chi connectivity index (χ4n) is 4.55. The van der Waals surface area contributed by atoms with E-state index in [4.69, 9.17) is 9.47 Å². The number of quaternary nitrogens is 2. The summed E-state index contributed by atoms with van der Waals surface area (Å²) in [4.78, 5) is 2.75. The highest BCUT2D eigenvalue weighted by Crippen LogP contribution is 2.26. The lowest BCUT2D eigenvalue weighted by atomic mass is 10.1. The van der Waals surface area contributed by atoms with E-state index < -0.39 is 0 Å². The molecule has 26 heavy (non-hydrogen) atoms. The van der Waals surface area contributed by atoms with Crippen LogP contribution in [0.5, 0.6) is 11.5 Å². The molecule has 0 radical (unpaired) electrons. The molecule has 3 rings (SSSR count). The normalized spacial score (nSPS) is 35.4. The van der Waals surface area contributed by atoms with Crippen molar-refractivity contribution in [2.45, 2.75) is 65.2 Å². The van der Waals surface area contributed by atoms with Gasteiger partial charge in [-0.15, -0.1) is 0 Å². The van der Waals surface area contributed by atoms with Crippen LogP contribution in [0, 0.1) is 0 Å². The zero-order valence-corrected chi connectivity index (χ0v) is 16.4. The Bertz CT molecular complexity index is 550. The average molecular weight is 367 g/mol. The van der Waals surface area contributed by atoms with Gasteiger partial charge in [0.25, 0.3) is 0 Å². The van der Waals surface area contributed by atoms with Crippen LogP contribution in [0.15, 0.2) is 12.1 Å². The maximum atomic E-state index is 10.5. The number of rotatable bonds is 4. The van der Waals surface area contributed by atoms with Gasteiger partial charge in [0, 0.05) is 0 Å². The minimum atomic E-state index is 0.220. The first kappa shape index (κ1) is 19.4. The van der Waals surface area contributed by atoms with Crippen LogP contribution in [0.25, 0.3) is 0 Å². The molecule has 6 heteroatoms. The average Bonchev–Trinajstić information content (AvgIpc) is 2.50. The Balaban J connectivity index is 1.68. The van der Waals surface area contributed by atoms with Gasteiger partial charge in [0.2, 0.25) is 0 Å². The minimum absolute atomic E-state index is 0.220. The number of hydrogen-bond donors (Lipinski definition) is 4. The van der Waals surface area contributed by atoms with Gasteiger partial charge in [-0.05, 0) is 39.8 Å². The molecule has 146 valence electrons. The Morgan fingerprint density at radius 1 is 0.731 bits per heavy atom. The molecule has 2 heterocycles. The number of aromatic hydroxyl groups is 2. The van der Waals surface area contributed by atoms with Gasteiger partial charge in [-0.2, -0.15) is 0 Å². The summed E-state index contributed by atoms with van der Waals surface area (Å²) in [5.41, 5.74) is 1.61. The van der Waals surface area contributed by atoms with E-state index in [2.05, 4.69) is 27.7 Å². The highest BCUT2D eigenvalue weighted by atomic mass is 16.5. The zero-order chi connectivity index (χ0) is 18.8. The summed E-state index contributed by atoms with van der Waals surface area (Å²) in [6.45, 7) is 13.4. The van der Waals surface area contributed by atoms with Crippen molar-refractivity contribution in [2.75, 3.05) is 26.2 Å². The van der Waals surface area contributed by atoms with E-state index in [9.17, 15) is 10.2 Å². The minimum Gasteiger partial charge on any atom is -0.507 e. The Kier molecular flexibility index (Phi) is 6.07. The number of hydrogen-bond acceptors (Lipinski definition) is 4. The van der Waals surface area contributed by atoms with Gasteiger partial charge in [0.05, 0.1) is 11.1 Å². The van der Waals surface area contributed by atoms with Gasteiger partial charge in [0.1, 0.15) is 75.2 Å². The number of ether oxygens (including phenoxy) is 2. The molecular weight excluding hydrogens is 332 g/mol. The predicted octanol–water partition coefficient (Wildman–Crippen LogP) is -0.518. The number of benzene rings is 1. The molecule has 0 saturated carbocycles. The predicted molar refractivity (Wildman–Crippen MR) is 98.6 cm³/mol. The van der Waals surface area contributed by atoms with E-state index in [1.54, 1.807) is 12.1 Å². The number of nitrogens with one attached hydrogen (secondary N) is 2. The van der Waals surface area contributed by atoms with E-state index in [1.165, 1.54) is 9.80 Å². The summed E-state index contributed by atoms with van der Waals surface area (Å²) in [5, 5.41) is 21.0. The SMILES string of the molecule is C[C@@H]1C[NH+](Cc2cc(O)c(C[NH+]3C[C@@H](C)O[C@@H](C)C3)cc2O)C[C@H](C)O1. The van der Waals surface area contributed by atoms with Crippen LogP contribution >= 0.6 is 0 Å². The number of phenols is 2. The largest absolute Gasteiger partial charge is 0.507 e. The third-order valence-electron chi connectivity index (χ3n) is 5.39. The third kappa shape index (κ3) is 4.88. The molecule has 1 aromatic rings. The third-order valence-corrected chi connectivity index (χ3v) is 5.39. The summed E-state index contributed by atoms with van der Waals surface area (Å²) in [6, 6.07) is 3.49. The molecule has 6 atom stereocenters. The first-order valence-corrected chi connectivity index (χ1v) is 9.82. The van der Waals surface area contributed by atoms with Crippen molar-refractivity contribution in [2.24, 2.45) is 0 Å². The van der Waals surface area contributed by atoms with Gasteiger partial charge >= 0.3 is 0 Å². The molecule has 1 aromatic carbocycles. The quantitative estimate of drug-likeness (QED) is 0.542. The highest BCUT2D eigenvalue weighted by Gasteiger charge is 2.28. The topological polar surface area (TPSA) is 67.8 Å². The maximum Gasteiger partial charge on any atom is 0.125 e. The van der Waals surface area contributed by atoms with Gasteiger partial charge in [-0.1, -0.05) is 0 Å². The highest BCUT2D eigenvalue weighted by molar-refractivity contribution is 5.44. The summed E-state index contributed by atoms with van der Waals surface area (Å²) < 4.78 is 11.6. The van der Waals surface area contributed by atoms with E-state index in [-0.39, 0.29) is 35.9 Å². The van der Waals surface area contributed by atoms with Crippen molar-refractivity contribution >= 4 is 0 Å². The fraction of sp³-hybridized carbons (Fsp3) is 0.700. The van der Waals surface area contributed by atoms with Crippen LogP contribution in [0.3, 0.4) is 0 Å². The van der Waals surface area contributed by atoms with Gasteiger partial charge < -0.3 is 29.5 Å². The second-order valence-electron chi connectivity index (χ2n) is 8.29. The molecule has 6 nitrogen and oxygen atoms in total. The van der Waals surface area contributed by atoms with Crippen molar-refractivity contribution < 1.29 is 29.5 Å². The molecule has 4 N–H and O–H groups in total. The Morgan fingerprint density at radius 2 is 1.04 bits per heavy atom. The lowest BCUT2D eigenvalue weighted by Crippen LogP contribution is -3.14. The van der Waals surface area contributed by atoms with Crippen molar-refractivity contribution in [1.29, 1.82) is 0 Å². The monoisotopic (exact) mass is 366 g/mol. The standard InChI is InChI=1S/C20H32N2O4/c1-13-7-21(8-14(2)25-13)11-17-5-20(24)18(6-19(17)23)12-22-9-15(3)26-16(4)10-22/h5-6,13-16,23-24H,7-12H2,1-4H3/p+2/t13-,14+,15-,16+. The smallest absolute Gasteiger partial charge is 0.125 e. The van der Waals surface area contributed by atoms with Crippen LogP contribution < -0.4 is 9.80 Å². The Labute approximate surface area is 156 Å². The van der Waals surface area contributed by atoms with Crippen LogP contribution in [0.2, 0.25) is 0 Å². The molecule has 0 aromatic heterocycles. The van der Waals surface area contributed by atoms with E-state index >= 15 is 0 Å². The first-order chi connectivity index (χ1) is 12.3. The summed E-state index contributed by atoms with van der Waals surface area (Å²) in [7, 11) is 0. The van der Waals surface area contributed by atoms with Crippen LogP contribution in [-0.2, 0) is 22.6 Å². The van der Waals surface area contributed by atoms with Crippen molar-refractivity contribution in [3.63, 3.8) is 0 Å². The maximum absolute atomic E-state index is 10.5. The molecule has 2 aliphatic heterocycles. The number of morpholine rings is 2. The Hall–Kier alpha value is -1.34. The molecule has 0 spiro atoms. The molecule has 2 unspecified atom stereocenters. The summed E-state index contributed by atoms with van der Waals surface area (Å²) in [5.74, 6) is 0.566. The van der Waals surface area contributed by atoms with Crippen LogP contribution in [0.1, 0.15) is 38.8 Å². The van der Waals surface area contributed by atoms with Crippen LogP contribution in [0.4, 0.5) is 0 Å². The Morgan fingerprint density at radius 3 is 1.35 bits per heavy atom. The van der Waals surface area contributed by atoms with Gasteiger partial charge in [-0.25, -0.2) is 0 Å². The van der Waals surface area contributed by atoms with Gasteiger partial charge in [0.15, 0.2) is 0 Å². The number of phenolic OH excluding ortho intramolecular Hbond substituents is 2. The summed E-state index contributed by atoms with van der Waals surface area (Å²) >= 11 is 0. The molecule has 0 amide bonds. The van der Waals surface area contributed by atoms with E-state index in [0.717, 1.165) is 37.3 Å². The molecule has 0 bridgehead atoms. The van der Waals surface area contributed by atoms with Crippen molar-refractivity contribution in [3.8, 4) is 11.5 Å². The first-order valence-electron chi connectivity index (χ1n) is 9.82. The van der Waals surface area contributed by atoms with E-state index in [0.29, 0.717) is 13.1 Å². The van der Waals surface area contributed by atoms with E-state index in [1.807, 2.05) is 0 Å². The summed E-state index contributed by atoms with van der Waals surface area (Å²) in [6.07, 6.45) is 0.880. The molecular formula is C20H34N2O4+2. The molecule has 2 saturated heterocycles. The molecule has 0 aliphatic carbocycles. The lowest BCUT2D eigenvalue weighted by Gasteiger charge is -2.33.